The molecule has 0 bridgehead atoms. The maximum atomic E-state index is 14.2. The van der Waals surface area contributed by atoms with E-state index in [1.165, 1.54) is 51.9 Å². The highest BCUT2D eigenvalue weighted by molar-refractivity contribution is 5.89. The smallest absolute Gasteiger partial charge is 0.460 e. The molecule has 0 radical (unpaired) electrons. The number of halogens is 15. The second-order valence-corrected chi connectivity index (χ2v) is 11.9. The molecule has 0 aromatic carbocycles. The predicted octanol–water partition coefficient (Wildman–Crippen LogP) is 11.1. The molecule has 0 aliphatic carbocycles. The highest BCUT2D eigenvalue weighted by Gasteiger charge is 2.94. The van der Waals surface area contributed by atoms with Crippen LogP contribution >= 0.6 is 0 Å². The number of hydrogen-bond donors (Lipinski definition) is 1. The first-order valence-electron chi connectivity index (χ1n) is 16.1. The topological polar surface area (TPSA) is 55.4 Å². The highest BCUT2D eigenvalue weighted by Crippen LogP contribution is 2.62. The fraction of sp³-hybridized carbons (Fsp3) is 0.933. The SMILES string of the molecule is CCCCCCCCCCCCCCCCCOC(=O)C(CCC)NC(=O)C(F)(F)C(F)(F)C(F)(F)C(F)(F)C(F)(F)C(F)(F)C(F)(F)F. The minimum absolute atomic E-state index is 0.187. The maximum Gasteiger partial charge on any atom is 0.460 e. The van der Waals surface area contributed by atoms with Gasteiger partial charge in [-0.25, -0.2) is 4.79 Å². The Kier molecular flexibility index (Phi) is 18.6. The van der Waals surface area contributed by atoms with E-state index in [0.29, 0.717) is 6.42 Å². The molecule has 0 saturated heterocycles. The number of hydrogen-bond acceptors (Lipinski definition) is 3. The first-order chi connectivity index (χ1) is 22.3. The van der Waals surface area contributed by atoms with Crippen molar-refractivity contribution in [2.24, 2.45) is 0 Å². The van der Waals surface area contributed by atoms with Crippen LogP contribution in [0.4, 0.5) is 65.9 Å². The molecule has 1 atom stereocenters. The van der Waals surface area contributed by atoms with Crippen molar-refractivity contribution in [1.29, 1.82) is 0 Å². The molecule has 0 saturated carbocycles. The molecule has 19 heteroatoms. The third-order valence-electron chi connectivity index (χ3n) is 7.77. The fourth-order valence-corrected chi connectivity index (χ4v) is 4.64. The van der Waals surface area contributed by atoms with Crippen LogP contribution in [0.2, 0.25) is 0 Å². The van der Waals surface area contributed by atoms with Gasteiger partial charge in [-0.05, 0) is 12.8 Å². The molecule has 0 aliphatic heterocycles. The van der Waals surface area contributed by atoms with Crippen molar-refractivity contribution in [3.8, 4) is 0 Å². The largest absolute Gasteiger partial charge is 0.464 e. The monoisotopic (exact) mass is 751 g/mol. The number of alkyl halides is 15. The lowest BCUT2D eigenvalue weighted by atomic mass is 9.90. The summed E-state index contributed by atoms with van der Waals surface area (Å²) in [6.07, 6.45) is 6.48. The van der Waals surface area contributed by atoms with Crippen molar-refractivity contribution in [2.75, 3.05) is 6.61 Å². The van der Waals surface area contributed by atoms with Gasteiger partial charge in [-0.2, -0.15) is 65.9 Å². The Labute approximate surface area is 275 Å². The van der Waals surface area contributed by atoms with Gasteiger partial charge in [0.15, 0.2) is 0 Å². The normalized spacial score (nSPS) is 14.6. The second-order valence-electron chi connectivity index (χ2n) is 11.9. The molecule has 292 valence electrons. The standard InChI is InChI=1S/C30H44F15NO3/c1-3-5-6-7-8-9-10-11-12-13-14-15-16-17-18-20-49-22(47)21(19-4-2)46-23(48)24(31,32)25(33,34)26(35,36)27(37,38)28(39,40)29(41,42)30(43,44)45/h21H,3-20H2,1-2H3,(H,46,48). The zero-order valence-electron chi connectivity index (χ0n) is 27.2. The van der Waals surface area contributed by atoms with E-state index in [0.717, 1.165) is 43.8 Å². The number of unbranched alkanes of at least 4 members (excludes halogenated alkanes) is 14. The summed E-state index contributed by atoms with van der Waals surface area (Å²) in [5, 5.41) is 0.848. The van der Waals surface area contributed by atoms with Crippen LogP contribution in [-0.2, 0) is 14.3 Å². The average molecular weight is 752 g/mol. The molecular weight excluding hydrogens is 707 g/mol. The van der Waals surface area contributed by atoms with Crippen molar-refractivity contribution < 1.29 is 80.2 Å². The van der Waals surface area contributed by atoms with Gasteiger partial charge in [0.05, 0.1) is 6.61 Å². The van der Waals surface area contributed by atoms with Gasteiger partial charge in [0.2, 0.25) is 0 Å². The summed E-state index contributed by atoms with van der Waals surface area (Å²) in [4.78, 5) is 24.1. The third kappa shape index (κ3) is 11.7. The van der Waals surface area contributed by atoms with Crippen LogP contribution in [0.5, 0.6) is 0 Å². The van der Waals surface area contributed by atoms with Crippen LogP contribution in [0.1, 0.15) is 123 Å². The Bertz CT molecular complexity index is 988. The minimum atomic E-state index is -8.51. The quantitative estimate of drug-likeness (QED) is 0.0544. The molecule has 0 fully saturated rings. The van der Waals surface area contributed by atoms with Crippen LogP contribution < -0.4 is 5.32 Å². The molecule has 49 heavy (non-hydrogen) atoms. The van der Waals surface area contributed by atoms with Crippen molar-refractivity contribution in [3.63, 3.8) is 0 Å². The zero-order valence-corrected chi connectivity index (χ0v) is 27.2. The minimum Gasteiger partial charge on any atom is -0.464 e. The molecule has 1 unspecified atom stereocenters. The first-order valence-corrected chi connectivity index (χ1v) is 16.1. The number of amides is 1. The number of carbonyl (C=O) groups is 2. The number of rotatable bonds is 26. The van der Waals surface area contributed by atoms with Gasteiger partial charge in [0.25, 0.3) is 5.91 Å². The van der Waals surface area contributed by atoms with E-state index < -0.39 is 66.1 Å². The Morgan fingerprint density at radius 2 is 0.837 bits per heavy atom. The summed E-state index contributed by atoms with van der Waals surface area (Å²) in [5.74, 6) is -53.8. The van der Waals surface area contributed by atoms with Crippen LogP contribution in [0.3, 0.4) is 0 Å². The van der Waals surface area contributed by atoms with E-state index >= 15 is 0 Å². The Morgan fingerprint density at radius 3 is 1.20 bits per heavy atom. The average Bonchev–Trinajstić information content (AvgIpc) is 2.99. The van der Waals surface area contributed by atoms with E-state index in [1.54, 1.807) is 0 Å². The summed E-state index contributed by atoms with van der Waals surface area (Å²) in [5.41, 5.74) is 0. The number of carbonyl (C=O) groups excluding carboxylic acids is 2. The van der Waals surface area contributed by atoms with Crippen molar-refractivity contribution in [3.05, 3.63) is 0 Å². The molecule has 0 spiro atoms. The van der Waals surface area contributed by atoms with Gasteiger partial charge in [-0.15, -0.1) is 0 Å². The Balaban J connectivity index is 5.08. The van der Waals surface area contributed by atoms with E-state index in [1.807, 2.05) is 0 Å². The first kappa shape index (κ1) is 46.9. The Hall–Kier alpha value is -2.11. The van der Waals surface area contributed by atoms with E-state index in [-0.39, 0.29) is 19.4 Å². The van der Waals surface area contributed by atoms with Gasteiger partial charge in [0, 0.05) is 0 Å². The number of ether oxygens (including phenoxy) is 1. The molecule has 0 aromatic rings. The van der Waals surface area contributed by atoms with E-state index in [9.17, 15) is 75.4 Å². The summed E-state index contributed by atoms with van der Waals surface area (Å²) in [7, 11) is 0. The number of nitrogens with one attached hydrogen (secondary N) is 1. The Morgan fingerprint density at radius 1 is 0.490 bits per heavy atom. The van der Waals surface area contributed by atoms with Crippen LogP contribution in [0.15, 0.2) is 0 Å². The molecular formula is C30H44F15NO3. The van der Waals surface area contributed by atoms with E-state index in [4.69, 9.17) is 4.74 Å². The van der Waals surface area contributed by atoms with Gasteiger partial charge >= 0.3 is 47.7 Å². The summed E-state index contributed by atoms with van der Waals surface area (Å²) < 4.78 is 206. The molecule has 0 rings (SSSR count). The van der Waals surface area contributed by atoms with Gasteiger partial charge < -0.3 is 10.1 Å². The van der Waals surface area contributed by atoms with Crippen molar-refractivity contribution in [2.45, 2.75) is 171 Å². The fourth-order valence-electron chi connectivity index (χ4n) is 4.64. The molecule has 0 aromatic heterocycles. The van der Waals surface area contributed by atoms with E-state index in [2.05, 4.69) is 6.92 Å². The summed E-state index contributed by atoms with van der Waals surface area (Å²) in [6.45, 7) is 3.04. The number of esters is 1. The predicted molar refractivity (Wildman–Crippen MR) is 148 cm³/mol. The second kappa shape index (κ2) is 19.5. The zero-order chi connectivity index (χ0) is 38.4. The summed E-state index contributed by atoms with van der Waals surface area (Å²) >= 11 is 0. The molecule has 0 heterocycles. The molecule has 0 aliphatic rings. The van der Waals surface area contributed by atoms with Crippen LogP contribution in [0.25, 0.3) is 0 Å². The van der Waals surface area contributed by atoms with Crippen molar-refractivity contribution in [1.82, 2.24) is 5.32 Å². The maximum absolute atomic E-state index is 14.2. The lowest BCUT2D eigenvalue weighted by Crippen LogP contribution is -2.74. The van der Waals surface area contributed by atoms with Crippen molar-refractivity contribution >= 4 is 11.9 Å². The van der Waals surface area contributed by atoms with Crippen LogP contribution in [0, 0.1) is 0 Å². The molecule has 1 amide bonds. The summed E-state index contributed by atoms with van der Waals surface area (Å²) in [6, 6.07) is -2.28. The highest BCUT2D eigenvalue weighted by atomic mass is 19.4. The third-order valence-corrected chi connectivity index (χ3v) is 7.77. The van der Waals surface area contributed by atoms with Crippen LogP contribution in [-0.4, -0.2) is 66.2 Å². The lowest BCUT2D eigenvalue weighted by Gasteiger charge is -2.41. The van der Waals surface area contributed by atoms with Gasteiger partial charge in [0.1, 0.15) is 6.04 Å². The molecule has 4 nitrogen and oxygen atoms in total. The van der Waals surface area contributed by atoms with Gasteiger partial charge in [-0.1, -0.05) is 110 Å². The van der Waals surface area contributed by atoms with Gasteiger partial charge in [-0.3, -0.25) is 4.79 Å². The lowest BCUT2D eigenvalue weighted by molar-refractivity contribution is -0.449. The molecule has 1 N–H and O–H groups in total.